The van der Waals surface area contributed by atoms with E-state index < -0.39 is 11.3 Å². The van der Waals surface area contributed by atoms with Gasteiger partial charge in [-0.25, -0.2) is 0 Å². The quantitative estimate of drug-likeness (QED) is 0.733. The Bertz CT molecular complexity index is 343. The lowest BCUT2D eigenvalue weighted by Crippen LogP contribution is -2.22. The summed E-state index contributed by atoms with van der Waals surface area (Å²) in [6.07, 6.45) is 0.0282. The summed E-state index contributed by atoms with van der Waals surface area (Å²) >= 11 is 5.41. The Morgan fingerprint density at radius 2 is 1.88 bits per heavy atom. The molecule has 88 valence electrons. The van der Waals surface area contributed by atoms with E-state index in [1.54, 1.807) is 0 Å². The lowest BCUT2D eigenvalue weighted by molar-refractivity contribution is -0.117. The van der Waals surface area contributed by atoms with Gasteiger partial charge in [-0.3, -0.25) is 4.79 Å². The second kappa shape index (κ2) is 5.90. The zero-order chi connectivity index (χ0) is 12.1. The van der Waals surface area contributed by atoms with Gasteiger partial charge in [-0.15, -0.1) is 0 Å². The maximum Gasteiger partial charge on any atom is 0.262 e. The van der Waals surface area contributed by atoms with Crippen molar-refractivity contribution in [2.24, 2.45) is 0 Å². The third kappa shape index (κ3) is 3.53. The van der Waals surface area contributed by atoms with E-state index in [9.17, 15) is 4.79 Å². The summed E-state index contributed by atoms with van der Waals surface area (Å²) in [5.41, 5.74) is 1.25. The fourth-order valence-corrected chi connectivity index (χ4v) is 1.58. The summed E-state index contributed by atoms with van der Waals surface area (Å²) in [7, 11) is 0. The van der Waals surface area contributed by atoms with E-state index in [1.807, 2.05) is 31.2 Å². The average molecular weight is 241 g/mol. The van der Waals surface area contributed by atoms with Gasteiger partial charge in [0.25, 0.3) is 5.24 Å². The normalized spacial score (nSPS) is 12.6. The highest BCUT2D eigenvalue weighted by Gasteiger charge is 2.15. The molecule has 16 heavy (non-hydrogen) atoms. The van der Waals surface area contributed by atoms with Gasteiger partial charge in [0.2, 0.25) is 0 Å². The SMILES string of the molecule is CCC(Oc1ccc(C(C)C)cc1)C(=O)Cl. The van der Waals surface area contributed by atoms with E-state index in [4.69, 9.17) is 16.3 Å². The molecule has 0 radical (unpaired) electrons. The third-order valence-corrected chi connectivity index (χ3v) is 2.69. The van der Waals surface area contributed by atoms with Crippen LogP contribution in [0, 0.1) is 0 Å². The van der Waals surface area contributed by atoms with E-state index in [0.29, 0.717) is 18.1 Å². The van der Waals surface area contributed by atoms with E-state index in [-0.39, 0.29) is 0 Å². The van der Waals surface area contributed by atoms with E-state index >= 15 is 0 Å². The first kappa shape index (κ1) is 13.0. The van der Waals surface area contributed by atoms with Crippen LogP contribution in [-0.2, 0) is 4.79 Å². The van der Waals surface area contributed by atoms with E-state index in [1.165, 1.54) is 5.56 Å². The molecule has 0 N–H and O–H groups in total. The van der Waals surface area contributed by atoms with Crippen molar-refractivity contribution in [3.63, 3.8) is 0 Å². The van der Waals surface area contributed by atoms with Gasteiger partial charge in [-0.1, -0.05) is 32.9 Å². The Labute approximate surface area is 102 Å². The molecule has 1 aromatic rings. The molecular formula is C13H17ClO2. The molecule has 1 aromatic carbocycles. The molecule has 1 rings (SSSR count). The molecule has 0 saturated carbocycles. The van der Waals surface area contributed by atoms with Crippen molar-refractivity contribution < 1.29 is 9.53 Å². The highest BCUT2D eigenvalue weighted by Crippen LogP contribution is 2.20. The summed E-state index contributed by atoms with van der Waals surface area (Å²) in [5, 5.41) is -0.449. The number of halogens is 1. The number of carbonyl (C=O) groups is 1. The number of hydrogen-bond acceptors (Lipinski definition) is 2. The zero-order valence-electron chi connectivity index (χ0n) is 9.87. The summed E-state index contributed by atoms with van der Waals surface area (Å²) < 4.78 is 5.48. The van der Waals surface area contributed by atoms with Crippen molar-refractivity contribution >= 4 is 16.8 Å². The predicted molar refractivity (Wildman–Crippen MR) is 66.1 cm³/mol. The van der Waals surface area contributed by atoms with Crippen LogP contribution in [0.4, 0.5) is 0 Å². The molecule has 2 nitrogen and oxygen atoms in total. The van der Waals surface area contributed by atoms with Crippen molar-refractivity contribution in [1.82, 2.24) is 0 Å². The van der Waals surface area contributed by atoms with Crippen molar-refractivity contribution in [2.45, 2.75) is 39.2 Å². The zero-order valence-corrected chi connectivity index (χ0v) is 10.6. The average Bonchev–Trinajstić information content (AvgIpc) is 2.26. The van der Waals surface area contributed by atoms with Crippen molar-refractivity contribution in [1.29, 1.82) is 0 Å². The van der Waals surface area contributed by atoms with Crippen LogP contribution in [0.5, 0.6) is 5.75 Å². The molecule has 0 fully saturated rings. The summed E-state index contributed by atoms with van der Waals surface area (Å²) in [6, 6.07) is 7.76. The second-order valence-corrected chi connectivity index (χ2v) is 4.42. The van der Waals surface area contributed by atoms with Gasteiger partial charge in [-0.05, 0) is 41.6 Å². The summed E-state index contributed by atoms with van der Waals surface area (Å²) in [4.78, 5) is 11.0. The third-order valence-electron chi connectivity index (χ3n) is 2.45. The highest BCUT2D eigenvalue weighted by atomic mass is 35.5. The van der Waals surface area contributed by atoms with Crippen LogP contribution in [-0.4, -0.2) is 11.3 Å². The molecule has 0 aliphatic rings. The Balaban J connectivity index is 2.71. The van der Waals surface area contributed by atoms with Crippen molar-refractivity contribution in [3.05, 3.63) is 29.8 Å². The smallest absolute Gasteiger partial charge is 0.262 e. The number of hydrogen-bond donors (Lipinski definition) is 0. The van der Waals surface area contributed by atoms with Crippen LogP contribution >= 0.6 is 11.6 Å². The minimum absolute atomic E-state index is 0.449. The lowest BCUT2D eigenvalue weighted by Gasteiger charge is -2.14. The molecule has 0 aromatic heterocycles. The maximum atomic E-state index is 11.0. The van der Waals surface area contributed by atoms with Gasteiger partial charge in [0.1, 0.15) is 5.75 Å². The molecule has 3 heteroatoms. The molecule has 0 bridgehead atoms. The van der Waals surface area contributed by atoms with Gasteiger partial charge in [0.15, 0.2) is 6.10 Å². The first-order valence-corrected chi connectivity index (χ1v) is 5.88. The van der Waals surface area contributed by atoms with Crippen LogP contribution in [0.2, 0.25) is 0 Å². The second-order valence-electron chi connectivity index (χ2n) is 4.04. The number of benzene rings is 1. The largest absolute Gasteiger partial charge is 0.481 e. The van der Waals surface area contributed by atoms with Crippen molar-refractivity contribution in [2.75, 3.05) is 0 Å². The lowest BCUT2D eigenvalue weighted by atomic mass is 10.0. The van der Waals surface area contributed by atoms with Gasteiger partial charge >= 0.3 is 0 Å². The Kier molecular flexibility index (Phi) is 4.81. The summed E-state index contributed by atoms with van der Waals surface area (Å²) in [5.74, 6) is 1.18. The number of rotatable bonds is 5. The molecule has 0 aliphatic carbocycles. The Hall–Kier alpha value is -1.02. The molecule has 0 amide bonds. The Morgan fingerprint density at radius 3 is 2.25 bits per heavy atom. The molecule has 1 unspecified atom stereocenters. The fraction of sp³-hybridized carbons (Fsp3) is 0.462. The van der Waals surface area contributed by atoms with E-state index in [0.717, 1.165) is 0 Å². The van der Waals surface area contributed by atoms with Gasteiger partial charge in [0, 0.05) is 0 Å². The van der Waals surface area contributed by atoms with Gasteiger partial charge < -0.3 is 4.74 Å². The number of carbonyl (C=O) groups excluding carboxylic acids is 1. The number of ether oxygens (including phenoxy) is 1. The molecule has 0 heterocycles. The first-order chi connectivity index (χ1) is 7.54. The molecule has 1 atom stereocenters. The monoisotopic (exact) mass is 240 g/mol. The Morgan fingerprint density at radius 1 is 1.31 bits per heavy atom. The first-order valence-electron chi connectivity index (χ1n) is 5.50. The molecule has 0 spiro atoms. The van der Waals surface area contributed by atoms with E-state index in [2.05, 4.69) is 13.8 Å². The van der Waals surface area contributed by atoms with Gasteiger partial charge in [0.05, 0.1) is 0 Å². The standard InChI is InChI=1S/C13H17ClO2/c1-4-12(13(14)15)16-11-7-5-10(6-8-11)9(2)3/h5-9,12H,4H2,1-3H3. The van der Waals surface area contributed by atoms with Crippen LogP contribution < -0.4 is 4.74 Å². The van der Waals surface area contributed by atoms with Crippen LogP contribution in [0.25, 0.3) is 0 Å². The molecular weight excluding hydrogens is 224 g/mol. The molecule has 0 aliphatic heterocycles. The maximum absolute atomic E-state index is 11.0. The highest BCUT2D eigenvalue weighted by molar-refractivity contribution is 6.64. The van der Waals surface area contributed by atoms with Gasteiger partial charge in [-0.2, -0.15) is 0 Å². The predicted octanol–water partition coefficient (Wildman–Crippen LogP) is 3.73. The minimum Gasteiger partial charge on any atom is -0.481 e. The molecule has 0 saturated heterocycles. The minimum atomic E-state index is -0.549. The van der Waals surface area contributed by atoms with Crippen molar-refractivity contribution in [3.8, 4) is 5.75 Å². The fourth-order valence-electron chi connectivity index (χ4n) is 1.39. The van der Waals surface area contributed by atoms with Crippen LogP contribution in [0.15, 0.2) is 24.3 Å². The van der Waals surface area contributed by atoms with Crippen LogP contribution in [0.3, 0.4) is 0 Å². The van der Waals surface area contributed by atoms with Crippen LogP contribution in [0.1, 0.15) is 38.7 Å². The topological polar surface area (TPSA) is 26.3 Å². The summed E-state index contributed by atoms with van der Waals surface area (Å²) in [6.45, 7) is 6.13.